The molecule has 0 saturated heterocycles. The average molecular weight is 373 g/mol. The number of rotatable bonds is 6. The lowest BCUT2D eigenvalue weighted by Crippen LogP contribution is -2.03. The van der Waals surface area contributed by atoms with Crippen molar-refractivity contribution in [1.82, 2.24) is 10.1 Å². The van der Waals surface area contributed by atoms with Crippen LogP contribution < -0.4 is 0 Å². The zero-order valence-corrected chi connectivity index (χ0v) is 14.9. The van der Waals surface area contributed by atoms with Crippen LogP contribution in [0.3, 0.4) is 0 Å². The average Bonchev–Trinajstić information content (AvgIpc) is 3.29. The molecule has 0 aliphatic carbocycles. The van der Waals surface area contributed by atoms with Crippen molar-refractivity contribution in [3.63, 3.8) is 0 Å². The third kappa shape index (κ3) is 3.94. The fraction of sp³-hybridized carbons (Fsp3) is 0.235. The lowest BCUT2D eigenvalue weighted by molar-refractivity contribution is -0.380. The Labute approximate surface area is 152 Å². The van der Waals surface area contributed by atoms with Crippen molar-refractivity contribution in [2.24, 2.45) is 0 Å². The Morgan fingerprint density at radius 3 is 2.62 bits per heavy atom. The lowest BCUT2D eigenvalue weighted by Gasteiger charge is -2.04. The quantitative estimate of drug-likeness (QED) is 0.362. The molecular weight excluding hydrogens is 358 g/mol. The number of esters is 1. The van der Waals surface area contributed by atoms with Crippen LogP contribution in [0.4, 0.5) is 5.00 Å². The number of carbonyl (C=O) groups excluding carboxylic acids is 1. The minimum absolute atomic E-state index is 0.123. The number of nitro groups is 1. The van der Waals surface area contributed by atoms with Crippen molar-refractivity contribution in [3.05, 3.63) is 62.8 Å². The second kappa shape index (κ2) is 7.44. The van der Waals surface area contributed by atoms with Gasteiger partial charge in [-0.15, -0.1) is 0 Å². The summed E-state index contributed by atoms with van der Waals surface area (Å²) < 4.78 is 10.1. The molecule has 0 saturated carbocycles. The normalized spacial score (nSPS) is 10.9. The third-order valence-corrected chi connectivity index (χ3v) is 4.62. The highest BCUT2D eigenvalue weighted by molar-refractivity contribution is 7.17. The van der Waals surface area contributed by atoms with E-state index in [4.69, 9.17) is 9.26 Å². The predicted octanol–water partition coefficient (Wildman–Crippen LogP) is 4.19. The first-order valence-electron chi connectivity index (χ1n) is 7.78. The smallest absolute Gasteiger partial charge is 0.349 e. The van der Waals surface area contributed by atoms with E-state index in [-0.39, 0.29) is 22.4 Å². The lowest BCUT2D eigenvalue weighted by atomic mass is 10.0. The van der Waals surface area contributed by atoms with Gasteiger partial charge in [0.15, 0.2) is 6.61 Å². The Morgan fingerprint density at radius 1 is 1.27 bits per heavy atom. The largest absolute Gasteiger partial charge is 0.451 e. The van der Waals surface area contributed by atoms with Gasteiger partial charge in [0.05, 0.1) is 4.92 Å². The Kier molecular flexibility index (Phi) is 5.08. The minimum Gasteiger partial charge on any atom is -0.451 e. The summed E-state index contributed by atoms with van der Waals surface area (Å²) >= 11 is 0.750. The van der Waals surface area contributed by atoms with Crippen LogP contribution in [-0.4, -0.2) is 21.0 Å². The van der Waals surface area contributed by atoms with Crippen molar-refractivity contribution < 1.29 is 19.0 Å². The van der Waals surface area contributed by atoms with Gasteiger partial charge in [-0.1, -0.05) is 54.6 Å². The summed E-state index contributed by atoms with van der Waals surface area (Å²) in [6.45, 7) is 4.01. The summed E-state index contributed by atoms with van der Waals surface area (Å²) in [4.78, 5) is 26.3. The van der Waals surface area contributed by atoms with Gasteiger partial charge in [-0.2, -0.15) is 4.98 Å². The van der Waals surface area contributed by atoms with Gasteiger partial charge in [-0.05, 0) is 17.5 Å². The number of benzene rings is 1. The minimum atomic E-state index is -0.677. The number of ether oxygens (including phenoxy) is 1. The molecule has 0 atom stereocenters. The number of carbonyl (C=O) groups is 1. The van der Waals surface area contributed by atoms with Crippen molar-refractivity contribution in [2.45, 2.75) is 26.4 Å². The molecule has 2 heterocycles. The molecule has 134 valence electrons. The number of nitrogens with zero attached hydrogens (tertiary/aromatic N) is 3. The third-order valence-electron chi connectivity index (χ3n) is 3.60. The van der Waals surface area contributed by atoms with Crippen LogP contribution in [-0.2, 0) is 11.3 Å². The first-order valence-corrected chi connectivity index (χ1v) is 8.60. The molecule has 0 spiro atoms. The van der Waals surface area contributed by atoms with Crippen molar-refractivity contribution in [3.8, 4) is 11.4 Å². The van der Waals surface area contributed by atoms with Crippen LogP contribution >= 0.6 is 11.3 Å². The Morgan fingerprint density at radius 2 is 2.00 bits per heavy atom. The van der Waals surface area contributed by atoms with Gasteiger partial charge >= 0.3 is 11.0 Å². The maximum atomic E-state index is 11.9. The molecular formula is C17H15N3O5S. The molecule has 0 amide bonds. The van der Waals surface area contributed by atoms with Gasteiger partial charge in [0.25, 0.3) is 5.89 Å². The van der Waals surface area contributed by atoms with E-state index in [1.807, 2.05) is 24.3 Å². The standard InChI is InChI=1S/C17H15N3O5S/c1-10(2)11-3-5-12(6-4-11)16-18-14(25-19-16)9-24-17(21)13-7-8-15(26-13)20(22)23/h3-8,10H,9H2,1-2H3. The molecule has 3 aromatic rings. The molecule has 0 bridgehead atoms. The topological polar surface area (TPSA) is 108 Å². The summed E-state index contributed by atoms with van der Waals surface area (Å²) in [5.41, 5.74) is 2.00. The molecule has 0 radical (unpaired) electrons. The molecule has 0 fully saturated rings. The van der Waals surface area contributed by atoms with Gasteiger partial charge in [0.1, 0.15) is 4.88 Å². The van der Waals surface area contributed by atoms with E-state index >= 15 is 0 Å². The summed E-state index contributed by atoms with van der Waals surface area (Å²) in [5, 5.41) is 14.4. The molecule has 0 unspecified atom stereocenters. The second-order valence-corrected chi connectivity index (χ2v) is 6.82. The monoisotopic (exact) mass is 373 g/mol. The van der Waals surface area contributed by atoms with Crippen LogP contribution in [0.25, 0.3) is 11.4 Å². The first kappa shape index (κ1) is 17.7. The second-order valence-electron chi connectivity index (χ2n) is 5.76. The summed E-state index contributed by atoms with van der Waals surface area (Å²) in [5.74, 6) is 0.298. The first-order chi connectivity index (χ1) is 12.4. The molecule has 1 aromatic carbocycles. The van der Waals surface area contributed by atoms with Crippen molar-refractivity contribution in [1.29, 1.82) is 0 Å². The highest BCUT2D eigenvalue weighted by atomic mass is 32.1. The Bertz CT molecular complexity index is 930. The van der Waals surface area contributed by atoms with Crippen molar-refractivity contribution >= 4 is 22.3 Å². The Hall–Kier alpha value is -3.07. The van der Waals surface area contributed by atoms with Gasteiger partial charge in [0.2, 0.25) is 5.82 Å². The van der Waals surface area contributed by atoms with Gasteiger partial charge in [-0.25, -0.2) is 4.79 Å². The molecule has 8 nitrogen and oxygen atoms in total. The fourth-order valence-electron chi connectivity index (χ4n) is 2.18. The van der Waals surface area contributed by atoms with E-state index in [9.17, 15) is 14.9 Å². The van der Waals surface area contributed by atoms with E-state index in [0.29, 0.717) is 11.7 Å². The van der Waals surface area contributed by atoms with Gasteiger partial charge in [-0.3, -0.25) is 10.1 Å². The maximum absolute atomic E-state index is 11.9. The summed E-state index contributed by atoms with van der Waals surface area (Å²) in [6.07, 6.45) is 0. The van der Waals surface area contributed by atoms with Crippen LogP contribution in [0, 0.1) is 10.1 Å². The van der Waals surface area contributed by atoms with E-state index in [1.165, 1.54) is 17.7 Å². The number of hydrogen-bond donors (Lipinski definition) is 0. The summed E-state index contributed by atoms with van der Waals surface area (Å²) in [6, 6.07) is 10.4. The van der Waals surface area contributed by atoms with E-state index in [2.05, 4.69) is 24.0 Å². The summed E-state index contributed by atoms with van der Waals surface area (Å²) in [7, 11) is 0. The van der Waals surface area contributed by atoms with Crippen molar-refractivity contribution in [2.75, 3.05) is 0 Å². The van der Waals surface area contributed by atoms with Crippen LogP contribution in [0.5, 0.6) is 0 Å². The van der Waals surface area contributed by atoms with E-state index in [1.54, 1.807) is 0 Å². The van der Waals surface area contributed by atoms with E-state index in [0.717, 1.165) is 16.9 Å². The highest BCUT2D eigenvalue weighted by Gasteiger charge is 2.18. The number of thiophene rings is 1. The molecule has 26 heavy (non-hydrogen) atoms. The number of aromatic nitrogens is 2. The molecule has 0 aliphatic heterocycles. The van der Waals surface area contributed by atoms with Gasteiger partial charge < -0.3 is 9.26 Å². The molecule has 2 aromatic heterocycles. The van der Waals surface area contributed by atoms with Gasteiger partial charge in [0, 0.05) is 11.6 Å². The Balaban J connectivity index is 1.62. The number of hydrogen-bond acceptors (Lipinski definition) is 8. The molecule has 3 rings (SSSR count). The van der Waals surface area contributed by atoms with Crippen LogP contribution in [0.1, 0.15) is 40.9 Å². The molecule has 9 heteroatoms. The van der Waals surface area contributed by atoms with Crippen LogP contribution in [0.2, 0.25) is 0 Å². The molecule has 0 N–H and O–H groups in total. The SMILES string of the molecule is CC(C)c1ccc(-c2noc(COC(=O)c3ccc([N+](=O)[O-])s3)n2)cc1. The maximum Gasteiger partial charge on any atom is 0.349 e. The zero-order valence-electron chi connectivity index (χ0n) is 14.0. The fourth-order valence-corrected chi connectivity index (χ4v) is 2.90. The predicted molar refractivity (Wildman–Crippen MR) is 93.9 cm³/mol. The van der Waals surface area contributed by atoms with E-state index < -0.39 is 10.9 Å². The highest BCUT2D eigenvalue weighted by Crippen LogP contribution is 2.25. The molecule has 0 aliphatic rings. The van der Waals surface area contributed by atoms with Crippen LogP contribution in [0.15, 0.2) is 40.9 Å². The zero-order chi connectivity index (χ0) is 18.7.